The van der Waals surface area contributed by atoms with Crippen LogP contribution in [0.2, 0.25) is 5.02 Å². The van der Waals surface area contributed by atoms with Gasteiger partial charge in [-0.2, -0.15) is 4.98 Å². The average molecular weight is 411 g/mol. The Morgan fingerprint density at radius 3 is 2.68 bits per heavy atom. The van der Waals surface area contributed by atoms with Gasteiger partial charge in [-0.1, -0.05) is 35.1 Å². The van der Waals surface area contributed by atoms with Crippen LogP contribution < -0.4 is 5.32 Å². The Hall–Kier alpha value is -3.37. The topological polar surface area (TPSA) is 102 Å². The molecule has 0 saturated heterocycles. The molecule has 28 heavy (non-hydrogen) atoms. The molecule has 11 heteroatoms. The van der Waals surface area contributed by atoms with Crippen molar-refractivity contribution in [2.24, 2.45) is 0 Å². The lowest BCUT2D eigenvalue weighted by Gasteiger charge is -1.96. The number of benzene rings is 1. The van der Waals surface area contributed by atoms with Gasteiger partial charge in [-0.3, -0.25) is 10.1 Å². The van der Waals surface area contributed by atoms with Gasteiger partial charge in [0.25, 0.3) is 11.7 Å². The summed E-state index contributed by atoms with van der Waals surface area (Å²) in [6.45, 7) is 1.85. The molecule has 9 nitrogen and oxygen atoms in total. The number of hydrogen-bond donors (Lipinski definition) is 1. The largest absolute Gasteiger partial charge is 0.297 e. The fourth-order valence-corrected chi connectivity index (χ4v) is 3.53. The first-order chi connectivity index (χ1) is 13.5. The van der Waals surface area contributed by atoms with Crippen molar-refractivity contribution in [3.05, 3.63) is 59.3 Å². The minimum Gasteiger partial charge on any atom is -0.294 e. The second kappa shape index (κ2) is 6.36. The van der Waals surface area contributed by atoms with Crippen LogP contribution in [-0.2, 0) is 0 Å². The molecule has 5 aromatic rings. The summed E-state index contributed by atoms with van der Waals surface area (Å²) in [6, 6.07) is 9.19. The lowest BCUT2D eigenvalue weighted by molar-refractivity contribution is 0.101. The molecule has 0 saturated carbocycles. The Morgan fingerprint density at radius 2 is 1.89 bits per heavy atom. The zero-order chi connectivity index (χ0) is 19.3. The number of amides is 1. The second-order valence-electron chi connectivity index (χ2n) is 5.97. The normalized spacial score (nSPS) is 11.4. The number of imidazole rings is 1. The Balaban J connectivity index is 1.39. The number of nitrogens with one attached hydrogen (secondary N) is 1. The van der Waals surface area contributed by atoms with E-state index in [0.29, 0.717) is 20.9 Å². The molecule has 0 fully saturated rings. The van der Waals surface area contributed by atoms with Gasteiger partial charge >= 0.3 is 0 Å². The SMILES string of the molecule is Cc1ccn2nc(C(=O)Nc3nn4cc(-c5ccc(Cl)cc5)nc4s3)nc2n1. The number of carbonyl (C=O) groups is 1. The molecule has 0 unspecified atom stereocenters. The van der Waals surface area contributed by atoms with Crippen LogP contribution in [0, 0.1) is 6.92 Å². The first-order valence-corrected chi connectivity index (χ1v) is 9.38. The number of aromatic nitrogens is 7. The monoisotopic (exact) mass is 410 g/mol. The predicted octanol–water partition coefficient (Wildman–Crippen LogP) is 3.11. The molecule has 0 aliphatic heterocycles. The molecule has 5 rings (SSSR count). The van der Waals surface area contributed by atoms with Crippen LogP contribution in [0.4, 0.5) is 5.13 Å². The summed E-state index contributed by atoms with van der Waals surface area (Å²) in [5.41, 5.74) is 2.51. The van der Waals surface area contributed by atoms with Crippen LogP contribution in [0.1, 0.15) is 16.3 Å². The number of nitrogens with zero attached hydrogens (tertiary/aromatic N) is 7. The van der Waals surface area contributed by atoms with Gasteiger partial charge < -0.3 is 0 Å². The van der Waals surface area contributed by atoms with Crippen LogP contribution in [0.5, 0.6) is 0 Å². The second-order valence-corrected chi connectivity index (χ2v) is 7.36. The first-order valence-electron chi connectivity index (χ1n) is 8.19. The highest BCUT2D eigenvalue weighted by molar-refractivity contribution is 7.20. The van der Waals surface area contributed by atoms with E-state index in [4.69, 9.17) is 11.6 Å². The van der Waals surface area contributed by atoms with Gasteiger partial charge in [0, 0.05) is 22.5 Å². The van der Waals surface area contributed by atoms with Crippen molar-refractivity contribution < 1.29 is 4.79 Å². The highest BCUT2D eigenvalue weighted by atomic mass is 35.5. The Labute approximate surface area is 166 Å². The fraction of sp³-hybridized carbons (Fsp3) is 0.0588. The maximum Gasteiger partial charge on any atom is 0.297 e. The molecule has 4 heterocycles. The van der Waals surface area contributed by atoms with E-state index in [1.165, 1.54) is 15.9 Å². The van der Waals surface area contributed by atoms with E-state index < -0.39 is 5.91 Å². The molecule has 1 aromatic carbocycles. The van der Waals surface area contributed by atoms with Crippen molar-refractivity contribution in [2.75, 3.05) is 5.32 Å². The molecule has 0 atom stereocenters. The highest BCUT2D eigenvalue weighted by Crippen LogP contribution is 2.25. The zero-order valence-electron chi connectivity index (χ0n) is 14.4. The standard InChI is InChI=1S/C17H11ClN8OS/c1-9-6-7-25-15(19-9)21-13(23-25)14(27)22-16-24-26-8-12(20-17(26)28-16)10-2-4-11(18)5-3-10/h2-8H,1H3,(H,22,24,27). The summed E-state index contributed by atoms with van der Waals surface area (Å²) in [4.78, 5) is 26.0. The minimum atomic E-state index is -0.460. The quantitative estimate of drug-likeness (QED) is 0.490. The molecule has 0 bridgehead atoms. The molecule has 4 aromatic heterocycles. The van der Waals surface area contributed by atoms with Gasteiger partial charge in [0.1, 0.15) is 0 Å². The number of anilines is 1. The van der Waals surface area contributed by atoms with Crippen LogP contribution in [0.15, 0.2) is 42.7 Å². The number of hydrogen-bond acceptors (Lipinski definition) is 7. The summed E-state index contributed by atoms with van der Waals surface area (Å²) < 4.78 is 3.07. The predicted molar refractivity (Wildman–Crippen MR) is 105 cm³/mol. The summed E-state index contributed by atoms with van der Waals surface area (Å²) in [7, 11) is 0. The van der Waals surface area contributed by atoms with Crippen molar-refractivity contribution in [2.45, 2.75) is 6.92 Å². The average Bonchev–Trinajstić information content (AvgIpc) is 3.34. The van der Waals surface area contributed by atoms with E-state index in [1.54, 1.807) is 23.0 Å². The summed E-state index contributed by atoms with van der Waals surface area (Å²) in [5.74, 6) is -0.0717. The molecule has 0 aliphatic carbocycles. The van der Waals surface area contributed by atoms with E-state index in [1.807, 2.05) is 31.2 Å². The minimum absolute atomic E-state index is 0.0211. The van der Waals surface area contributed by atoms with Gasteiger partial charge in [0.15, 0.2) is 0 Å². The summed E-state index contributed by atoms with van der Waals surface area (Å²) >= 11 is 7.17. The van der Waals surface area contributed by atoms with Gasteiger partial charge in [-0.15, -0.1) is 10.2 Å². The maximum absolute atomic E-state index is 12.4. The molecule has 1 N–H and O–H groups in total. The summed E-state index contributed by atoms with van der Waals surface area (Å²) in [5, 5.41) is 12.2. The van der Waals surface area contributed by atoms with Crippen LogP contribution in [0.3, 0.4) is 0 Å². The van der Waals surface area contributed by atoms with Gasteiger partial charge in [-0.05, 0) is 25.1 Å². The van der Waals surface area contributed by atoms with Crippen LogP contribution >= 0.6 is 22.9 Å². The number of aryl methyl sites for hydroxylation is 1. The third-order valence-corrected chi connectivity index (χ3v) is 5.04. The van der Waals surface area contributed by atoms with Crippen molar-refractivity contribution in [1.82, 2.24) is 34.2 Å². The Morgan fingerprint density at radius 1 is 1.07 bits per heavy atom. The molecule has 138 valence electrons. The van der Waals surface area contributed by atoms with E-state index in [0.717, 1.165) is 17.0 Å². The maximum atomic E-state index is 12.4. The molecular weight excluding hydrogens is 400 g/mol. The number of carbonyl (C=O) groups excluding carboxylic acids is 1. The van der Waals surface area contributed by atoms with Crippen molar-refractivity contribution in [3.63, 3.8) is 0 Å². The van der Waals surface area contributed by atoms with Crippen molar-refractivity contribution >= 4 is 44.7 Å². The molecule has 0 spiro atoms. The van der Waals surface area contributed by atoms with E-state index in [9.17, 15) is 4.79 Å². The van der Waals surface area contributed by atoms with Gasteiger partial charge in [0.2, 0.25) is 15.9 Å². The fourth-order valence-electron chi connectivity index (χ4n) is 2.62. The van der Waals surface area contributed by atoms with Gasteiger partial charge in [-0.25, -0.2) is 19.0 Å². The molecular formula is C17H11ClN8OS. The molecule has 1 amide bonds. The van der Waals surface area contributed by atoms with Crippen molar-refractivity contribution in [3.8, 4) is 11.3 Å². The third-order valence-electron chi connectivity index (χ3n) is 3.95. The highest BCUT2D eigenvalue weighted by Gasteiger charge is 2.17. The van der Waals surface area contributed by atoms with Crippen LogP contribution in [0.25, 0.3) is 22.0 Å². The Kier molecular flexibility index (Phi) is 3.81. The first kappa shape index (κ1) is 16.8. The Bertz CT molecular complexity index is 1310. The van der Waals surface area contributed by atoms with Crippen molar-refractivity contribution in [1.29, 1.82) is 0 Å². The third kappa shape index (κ3) is 2.98. The number of halogens is 1. The smallest absolute Gasteiger partial charge is 0.294 e. The number of rotatable bonds is 3. The summed E-state index contributed by atoms with van der Waals surface area (Å²) in [6.07, 6.45) is 3.50. The van der Waals surface area contributed by atoms with E-state index in [-0.39, 0.29) is 5.82 Å². The molecule has 0 aliphatic rings. The van der Waals surface area contributed by atoms with Gasteiger partial charge in [0.05, 0.1) is 11.9 Å². The van der Waals surface area contributed by atoms with E-state index >= 15 is 0 Å². The zero-order valence-corrected chi connectivity index (χ0v) is 15.9. The molecule has 0 radical (unpaired) electrons. The van der Waals surface area contributed by atoms with Crippen LogP contribution in [-0.4, -0.2) is 40.1 Å². The number of fused-ring (bicyclic) bond motifs is 2. The lowest BCUT2D eigenvalue weighted by atomic mass is 10.2. The van der Waals surface area contributed by atoms with E-state index in [2.05, 4.69) is 30.5 Å². The lowest BCUT2D eigenvalue weighted by Crippen LogP contribution is -2.14.